The van der Waals surface area contributed by atoms with Crippen molar-refractivity contribution in [1.82, 2.24) is 0 Å². The van der Waals surface area contributed by atoms with Crippen LogP contribution < -0.4 is 9.64 Å². The quantitative estimate of drug-likeness (QED) is 0.616. The smallest absolute Gasteiger partial charge is 0.285 e. The lowest BCUT2D eigenvalue weighted by Crippen LogP contribution is -2.38. The molecule has 2 fully saturated rings. The topological polar surface area (TPSA) is 76.0 Å². The number of aliphatic imine (C=N–C) groups is 1. The molecule has 0 unspecified atom stereocenters. The van der Waals surface area contributed by atoms with Gasteiger partial charge in [0.05, 0.1) is 28.3 Å². The van der Waals surface area contributed by atoms with Crippen LogP contribution in [0.25, 0.3) is 0 Å². The Balaban J connectivity index is 1.58. The van der Waals surface area contributed by atoms with E-state index in [1.165, 1.54) is 11.8 Å². The predicted molar refractivity (Wildman–Crippen MR) is 122 cm³/mol. The Morgan fingerprint density at radius 2 is 1.80 bits per heavy atom. The van der Waals surface area contributed by atoms with Crippen molar-refractivity contribution in [2.45, 2.75) is 11.3 Å². The van der Waals surface area contributed by atoms with Crippen LogP contribution in [0.15, 0.2) is 47.5 Å². The zero-order chi connectivity index (χ0) is 21.5. The minimum absolute atomic E-state index is 0.0263. The lowest BCUT2D eigenvalue weighted by Gasteiger charge is -2.25. The Morgan fingerprint density at radius 1 is 1.10 bits per heavy atom. The highest BCUT2D eigenvalue weighted by molar-refractivity contribution is 8.16. The van der Waals surface area contributed by atoms with Crippen molar-refractivity contribution >= 4 is 73.2 Å². The summed E-state index contributed by atoms with van der Waals surface area (Å²) in [5, 5.41) is 1.54. The third-order valence-electron chi connectivity index (χ3n) is 4.63. The van der Waals surface area contributed by atoms with Crippen LogP contribution in [0.2, 0.25) is 15.1 Å². The molecule has 0 bridgehead atoms. The Morgan fingerprint density at radius 3 is 2.50 bits per heavy atom. The highest BCUT2D eigenvalue weighted by atomic mass is 35.5. The molecule has 2 heterocycles. The Hall–Kier alpha value is -1.45. The zero-order valence-electron chi connectivity index (χ0n) is 15.3. The number of carbonyl (C=O) groups is 1. The molecule has 30 heavy (non-hydrogen) atoms. The van der Waals surface area contributed by atoms with Crippen molar-refractivity contribution in [2.75, 3.05) is 23.0 Å². The number of benzene rings is 2. The van der Waals surface area contributed by atoms with E-state index in [0.29, 0.717) is 31.7 Å². The van der Waals surface area contributed by atoms with Gasteiger partial charge in [-0.1, -0.05) is 46.6 Å². The summed E-state index contributed by atoms with van der Waals surface area (Å²) in [6, 6.07) is 11.2. The second-order valence-corrected chi connectivity index (χ2v) is 11.4. The van der Waals surface area contributed by atoms with E-state index in [2.05, 4.69) is 4.99 Å². The maximum atomic E-state index is 12.5. The van der Waals surface area contributed by atoms with Crippen molar-refractivity contribution in [2.24, 2.45) is 4.99 Å². The van der Waals surface area contributed by atoms with Gasteiger partial charge in [-0.25, -0.2) is 8.42 Å². The van der Waals surface area contributed by atoms with Crippen LogP contribution >= 0.6 is 46.6 Å². The molecule has 2 aliphatic rings. The van der Waals surface area contributed by atoms with Crippen LogP contribution in [0.4, 0.5) is 5.69 Å². The van der Waals surface area contributed by atoms with Gasteiger partial charge in [-0.15, -0.1) is 0 Å². The summed E-state index contributed by atoms with van der Waals surface area (Å²) < 4.78 is 29.7. The Kier molecular flexibility index (Phi) is 6.23. The number of amidine groups is 1. The van der Waals surface area contributed by atoms with Gasteiger partial charge in [0.2, 0.25) is 0 Å². The molecule has 1 amide bonds. The van der Waals surface area contributed by atoms with Crippen molar-refractivity contribution in [3.8, 4) is 5.75 Å². The molecule has 2 aromatic rings. The summed E-state index contributed by atoms with van der Waals surface area (Å²) >= 11 is 19.5. The summed E-state index contributed by atoms with van der Waals surface area (Å²) in [6.45, 7) is -0.262. The first-order chi connectivity index (χ1) is 14.2. The summed E-state index contributed by atoms with van der Waals surface area (Å²) in [5.41, 5.74) is 0.559. The number of ether oxygens (including phenoxy) is 1. The normalized spacial score (nSPS) is 23.6. The first-order valence-electron chi connectivity index (χ1n) is 8.83. The van der Waals surface area contributed by atoms with Crippen LogP contribution in [0, 0.1) is 0 Å². The van der Waals surface area contributed by atoms with Gasteiger partial charge >= 0.3 is 0 Å². The number of amides is 1. The van der Waals surface area contributed by atoms with Gasteiger partial charge in [0.1, 0.15) is 5.75 Å². The number of halogens is 3. The molecule has 0 radical (unpaired) electrons. The van der Waals surface area contributed by atoms with E-state index < -0.39 is 15.7 Å². The fourth-order valence-corrected chi connectivity index (χ4v) is 7.89. The van der Waals surface area contributed by atoms with E-state index in [1.807, 2.05) is 0 Å². The Bertz CT molecular complexity index is 1120. The first kappa shape index (κ1) is 21.8. The summed E-state index contributed by atoms with van der Waals surface area (Å²) in [5.74, 6) is -0.00523. The highest BCUT2D eigenvalue weighted by Gasteiger charge is 2.49. The van der Waals surface area contributed by atoms with Crippen LogP contribution in [-0.4, -0.2) is 48.9 Å². The number of hydrogen-bond donors (Lipinski definition) is 0. The number of sulfone groups is 1. The highest BCUT2D eigenvalue weighted by Crippen LogP contribution is 2.43. The molecule has 0 aromatic heterocycles. The minimum Gasteiger partial charge on any atom is -0.484 e. The van der Waals surface area contributed by atoms with Gasteiger partial charge in [-0.05, 0) is 42.5 Å². The van der Waals surface area contributed by atoms with Crippen molar-refractivity contribution in [1.29, 1.82) is 0 Å². The average Bonchev–Trinajstić information content (AvgIpc) is 3.13. The van der Waals surface area contributed by atoms with Gasteiger partial charge in [0, 0.05) is 15.3 Å². The summed E-state index contributed by atoms with van der Waals surface area (Å²) in [7, 11) is -3.18. The maximum Gasteiger partial charge on any atom is 0.285 e. The molecule has 0 N–H and O–H groups in total. The third kappa shape index (κ3) is 4.73. The van der Waals surface area contributed by atoms with Gasteiger partial charge in [-0.2, -0.15) is 4.99 Å². The number of anilines is 1. The number of thioether (sulfide) groups is 1. The average molecular weight is 506 g/mol. The summed E-state index contributed by atoms with van der Waals surface area (Å²) in [6.07, 6.45) is 0. The lowest BCUT2D eigenvalue weighted by molar-refractivity contribution is -0.119. The van der Waals surface area contributed by atoms with E-state index in [9.17, 15) is 13.2 Å². The van der Waals surface area contributed by atoms with Crippen LogP contribution in [0.3, 0.4) is 0 Å². The molecular formula is C19H15Cl3N2O4S2. The molecule has 0 aliphatic carbocycles. The SMILES string of the molecule is O=C(COc1ccc(Cl)cc1)N=C1S[C@H]2CS(=O)(=O)C[C@@H]2N1c1ccc(Cl)cc1Cl. The molecule has 2 saturated heterocycles. The van der Waals surface area contributed by atoms with E-state index in [0.717, 1.165) is 0 Å². The fourth-order valence-electron chi connectivity index (χ4n) is 3.34. The lowest BCUT2D eigenvalue weighted by atomic mass is 10.2. The maximum absolute atomic E-state index is 12.5. The fraction of sp³-hybridized carbons (Fsp3) is 0.263. The van der Waals surface area contributed by atoms with Crippen molar-refractivity contribution in [3.63, 3.8) is 0 Å². The van der Waals surface area contributed by atoms with Gasteiger partial charge < -0.3 is 9.64 Å². The van der Waals surface area contributed by atoms with Gasteiger partial charge in [0.15, 0.2) is 21.6 Å². The van der Waals surface area contributed by atoms with E-state index in [4.69, 9.17) is 39.5 Å². The number of carbonyl (C=O) groups excluding carboxylic acids is 1. The van der Waals surface area contributed by atoms with Gasteiger partial charge in [-0.3, -0.25) is 4.79 Å². The van der Waals surface area contributed by atoms with E-state index in [1.54, 1.807) is 47.4 Å². The molecule has 4 rings (SSSR count). The number of fused-ring (bicyclic) bond motifs is 1. The van der Waals surface area contributed by atoms with Crippen molar-refractivity contribution < 1.29 is 17.9 Å². The van der Waals surface area contributed by atoms with Crippen molar-refractivity contribution in [3.05, 3.63) is 57.5 Å². The number of hydrogen-bond acceptors (Lipinski definition) is 5. The minimum atomic E-state index is -3.18. The second kappa shape index (κ2) is 8.59. The molecule has 6 nitrogen and oxygen atoms in total. The summed E-state index contributed by atoms with van der Waals surface area (Å²) in [4.78, 5) is 18.4. The molecule has 2 aliphatic heterocycles. The van der Waals surface area contributed by atoms with Gasteiger partial charge in [0.25, 0.3) is 5.91 Å². The van der Waals surface area contributed by atoms with E-state index >= 15 is 0 Å². The largest absolute Gasteiger partial charge is 0.484 e. The standard InChI is InChI=1S/C19H15Cl3N2O4S2/c20-11-1-4-13(5-2-11)28-8-18(25)23-19-24(15-6-3-12(21)7-14(15)22)16-9-30(26,27)10-17(16)29-19/h1-7,16-17H,8-10H2/t16-,17-/m0/s1. The monoisotopic (exact) mass is 504 g/mol. The second-order valence-electron chi connectivity index (χ2n) is 6.80. The Labute approximate surface area is 193 Å². The molecule has 158 valence electrons. The third-order valence-corrected chi connectivity index (χ3v) is 8.63. The molecule has 2 atom stereocenters. The van der Waals surface area contributed by atoms with Crippen LogP contribution in [0.5, 0.6) is 5.75 Å². The van der Waals surface area contributed by atoms with Crippen LogP contribution in [0.1, 0.15) is 0 Å². The van der Waals surface area contributed by atoms with Crippen LogP contribution in [-0.2, 0) is 14.6 Å². The predicted octanol–water partition coefficient (Wildman–Crippen LogP) is 4.33. The number of nitrogens with zero attached hydrogens (tertiary/aromatic N) is 2. The number of rotatable bonds is 4. The molecule has 0 saturated carbocycles. The molecular weight excluding hydrogens is 491 g/mol. The molecule has 11 heteroatoms. The van der Waals surface area contributed by atoms with E-state index in [-0.39, 0.29) is 29.4 Å². The first-order valence-corrected chi connectivity index (χ1v) is 12.7. The zero-order valence-corrected chi connectivity index (χ0v) is 19.2. The molecule has 2 aromatic carbocycles. The molecule has 0 spiro atoms.